The molecule has 0 fully saturated rings. The summed E-state index contributed by atoms with van der Waals surface area (Å²) in [5, 5.41) is 0. The Hall–Kier alpha value is -0.440. The molecule has 0 N–H and O–H groups in total. The Kier molecular flexibility index (Phi) is 19.2. The van der Waals surface area contributed by atoms with Crippen LogP contribution in [0, 0.1) is 0 Å². The molecule has 0 heterocycles. The van der Waals surface area contributed by atoms with Crippen LogP contribution in [-0.2, 0) is 9.53 Å². The van der Waals surface area contributed by atoms with Crippen LogP contribution in [-0.4, -0.2) is 18.3 Å². The fourth-order valence-corrected chi connectivity index (χ4v) is 2.66. The summed E-state index contributed by atoms with van der Waals surface area (Å²) in [5.74, 6) is 0.533. The zero-order valence-electron chi connectivity index (χ0n) is 15.2. The summed E-state index contributed by atoms with van der Waals surface area (Å²) in [7, 11) is 0. The van der Waals surface area contributed by atoms with Gasteiger partial charge in [-0.15, -0.1) is 0 Å². The van der Waals surface area contributed by atoms with Gasteiger partial charge >= 0.3 is 5.97 Å². The molecule has 0 aliphatic rings. The third kappa shape index (κ3) is 19.5. The Labute approximate surface area is 149 Å². The molecule has 0 rings (SSSR count). The number of hydrogen-bond donors (Lipinski definition) is 1. The van der Waals surface area contributed by atoms with E-state index in [0.29, 0.717) is 18.8 Å². The maximum Gasteiger partial charge on any atom is 0.305 e. The molecule has 0 aliphatic heterocycles. The summed E-state index contributed by atoms with van der Waals surface area (Å²) < 4.78 is 4.98. The molecule has 0 atom stereocenters. The maximum absolute atomic E-state index is 11.3. The molecule has 0 saturated heterocycles. The van der Waals surface area contributed by atoms with Crippen molar-refractivity contribution in [2.45, 2.75) is 96.8 Å². The smallest absolute Gasteiger partial charge is 0.305 e. The molecular formula is C20H38O2S. The van der Waals surface area contributed by atoms with Crippen LogP contribution in [0.2, 0.25) is 0 Å². The van der Waals surface area contributed by atoms with E-state index in [1.165, 1.54) is 70.6 Å². The van der Waals surface area contributed by atoms with E-state index in [0.717, 1.165) is 12.8 Å². The molecule has 0 radical (unpaired) electrons. The summed E-state index contributed by atoms with van der Waals surface area (Å²) in [6.45, 7) is 2.70. The van der Waals surface area contributed by atoms with Gasteiger partial charge in [-0.1, -0.05) is 70.4 Å². The van der Waals surface area contributed by atoms with Gasteiger partial charge in [0, 0.05) is 12.2 Å². The van der Waals surface area contributed by atoms with E-state index in [1.54, 1.807) is 0 Å². The Morgan fingerprint density at radius 3 is 1.91 bits per heavy atom. The van der Waals surface area contributed by atoms with E-state index in [4.69, 9.17) is 4.74 Å². The van der Waals surface area contributed by atoms with Gasteiger partial charge < -0.3 is 4.74 Å². The molecule has 0 saturated carbocycles. The van der Waals surface area contributed by atoms with Crippen molar-refractivity contribution in [1.82, 2.24) is 0 Å². The van der Waals surface area contributed by atoms with E-state index in [-0.39, 0.29) is 5.97 Å². The Bertz CT molecular complexity index is 277. The predicted molar refractivity (Wildman–Crippen MR) is 104 cm³/mol. The van der Waals surface area contributed by atoms with E-state index >= 15 is 0 Å². The number of ether oxygens (including phenoxy) is 1. The lowest BCUT2D eigenvalue weighted by molar-refractivity contribution is -0.143. The van der Waals surface area contributed by atoms with Crippen molar-refractivity contribution in [1.29, 1.82) is 0 Å². The molecule has 23 heavy (non-hydrogen) atoms. The van der Waals surface area contributed by atoms with Crippen molar-refractivity contribution in [3.8, 4) is 0 Å². The SMILES string of the molecule is CCCCCCCCC/C=C/CCCCCCC(=O)OCCS. The lowest BCUT2D eigenvalue weighted by atomic mass is 10.1. The zero-order chi connectivity index (χ0) is 17.0. The topological polar surface area (TPSA) is 26.3 Å². The van der Waals surface area contributed by atoms with Crippen molar-refractivity contribution in [2.24, 2.45) is 0 Å². The number of thiol groups is 1. The summed E-state index contributed by atoms with van der Waals surface area (Å²) in [6.07, 6.45) is 21.9. The van der Waals surface area contributed by atoms with Gasteiger partial charge in [0.1, 0.15) is 6.61 Å². The second-order valence-corrected chi connectivity index (χ2v) is 6.73. The number of hydrogen-bond acceptors (Lipinski definition) is 3. The van der Waals surface area contributed by atoms with Crippen LogP contribution in [0.1, 0.15) is 96.8 Å². The van der Waals surface area contributed by atoms with E-state index in [1.807, 2.05) is 0 Å². The largest absolute Gasteiger partial charge is 0.465 e. The first-order valence-corrected chi connectivity index (χ1v) is 10.4. The maximum atomic E-state index is 11.3. The van der Waals surface area contributed by atoms with Crippen molar-refractivity contribution in [3.63, 3.8) is 0 Å². The van der Waals surface area contributed by atoms with Crippen LogP contribution >= 0.6 is 12.6 Å². The van der Waals surface area contributed by atoms with Gasteiger partial charge in [-0.2, -0.15) is 12.6 Å². The second-order valence-electron chi connectivity index (χ2n) is 6.28. The molecule has 0 aromatic carbocycles. The number of rotatable bonds is 17. The Morgan fingerprint density at radius 2 is 1.35 bits per heavy atom. The summed E-state index contributed by atoms with van der Waals surface area (Å²) in [5.41, 5.74) is 0. The van der Waals surface area contributed by atoms with Crippen molar-refractivity contribution in [3.05, 3.63) is 12.2 Å². The van der Waals surface area contributed by atoms with E-state index in [2.05, 4.69) is 31.7 Å². The minimum atomic E-state index is -0.0753. The minimum absolute atomic E-state index is 0.0753. The lowest BCUT2D eigenvalue weighted by Crippen LogP contribution is -2.06. The third-order valence-electron chi connectivity index (χ3n) is 4.00. The predicted octanol–water partition coefficient (Wildman–Crippen LogP) is 6.50. The fourth-order valence-electron chi connectivity index (χ4n) is 2.57. The number of carbonyl (C=O) groups excluding carboxylic acids is 1. The summed E-state index contributed by atoms with van der Waals surface area (Å²) >= 11 is 4.01. The quantitative estimate of drug-likeness (QED) is 0.141. The van der Waals surface area contributed by atoms with Gasteiger partial charge in [0.2, 0.25) is 0 Å². The first kappa shape index (κ1) is 22.6. The van der Waals surface area contributed by atoms with Crippen LogP contribution in [0.4, 0.5) is 0 Å². The molecule has 0 unspecified atom stereocenters. The number of allylic oxidation sites excluding steroid dienone is 2. The van der Waals surface area contributed by atoms with Crippen LogP contribution in [0.3, 0.4) is 0 Å². The fraction of sp³-hybridized carbons (Fsp3) is 0.850. The van der Waals surface area contributed by atoms with Crippen LogP contribution in [0.15, 0.2) is 12.2 Å². The van der Waals surface area contributed by atoms with E-state index < -0.39 is 0 Å². The number of carbonyl (C=O) groups is 1. The van der Waals surface area contributed by atoms with Crippen molar-refractivity contribution >= 4 is 18.6 Å². The highest BCUT2D eigenvalue weighted by atomic mass is 32.1. The first-order chi connectivity index (χ1) is 11.3. The normalized spacial score (nSPS) is 11.2. The van der Waals surface area contributed by atoms with E-state index in [9.17, 15) is 4.79 Å². The molecule has 0 spiro atoms. The van der Waals surface area contributed by atoms with Gasteiger partial charge in [-0.3, -0.25) is 4.79 Å². The monoisotopic (exact) mass is 342 g/mol. The molecule has 0 bridgehead atoms. The molecule has 0 aromatic heterocycles. The van der Waals surface area contributed by atoms with Crippen LogP contribution < -0.4 is 0 Å². The summed E-state index contributed by atoms with van der Waals surface area (Å²) in [6, 6.07) is 0. The standard InChI is InChI=1S/C20H38O2S/c1-2-3-4-5-6-7-8-9-10-11-12-13-14-15-16-17-20(21)22-18-19-23/h10-11,23H,2-9,12-19H2,1H3/b11-10+. The average Bonchev–Trinajstić information content (AvgIpc) is 2.56. The zero-order valence-corrected chi connectivity index (χ0v) is 16.1. The van der Waals surface area contributed by atoms with Crippen LogP contribution in [0.5, 0.6) is 0 Å². The highest BCUT2D eigenvalue weighted by Crippen LogP contribution is 2.10. The third-order valence-corrected chi connectivity index (χ3v) is 4.18. The molecule has 0 amide bonds. The van der Waals surface area contributed by atoms with Gasteiger partial charge in [0.05, 0.1) is 0 Å². The molecule has 0 aliphatic carbocycles. The highest BCUT2D eigenvalue weighted by molar-refractivity contribution is 7.80. The molecule has 0 aromatic rings. The summed E-state index contributed by atoms with van der Waals surface area (Å²) in [4.78, 5) is 11.3. The van der Waals surface area contributed by atoms with Crippen molar-refractivity contribution in [2.75, 3.05) is 12.4 Å². The second kappa shape index (κ2) is 19.6. The minimum Gasteiger partial charge on any atom is -0.465 e. The van der Waals surface area contributed by atoms with Crippen LogP contribution in [0.25, 0.3) is 0 Å². The molecule has 2 nitrogen and oxygen atoms in total. The van der Waals surface area contributed by atoms with Crippen molar-refractivity contribution < 1.29 is 9.53 Å². The Balaban J connectivity index is 3.15. The van der Waals surface area contributed by atoms with Gasteiger partial charge in [-0.25, -0.2) is 0 Å². The molecule has 136 valence electrons. The van der Waals surface area contributed by atoms with Gasteiger partial charge in [0.25, 0.3) is 0 Å². The van der Waals surface area contributed by atoms with Gasteiger partial charge in [-0.05, 0) is 32.1 Å². The number of unbranched alkanes of at least 4 members (excludes halogenated alkanes) is 11. The number of esters is 1. The first-order valence-electron chi connectivity index (χ1n) is 9.72. The highest BCUT2D eigenvalue weighted by Gasteiger charge is 2.01. The molecular weight excluding hydrogens is 304 g/mol. The molecule has 3 heteroatoms. The average molecular weight is 343 g/mol. The van der Waals surface area contributed by atoms with Gasteiger partial charge in [0.15, 0.2) is 0 Å². The Morgan fingerprint density at radius 1 is 0.826 bits per heavy atom. The lowest BCUT2D eigenvalue weighted by Gasteiger charge is -2.02.